The van der Waals surface area contributed by atoms with Gasteiger partial charge >= 0.3 is 18.0 Å². The third kappa shape index (κ3) is 7.26. The summed E-state index contributed by atoms with van der Waals surface area (Å²) in [5.41, 5.74) is 0.789. The number of benzene rings is 2. The molecule has 0 spiro atoms. The van der Waals surface area contributed by atoms with Gasteiger partial charge in [-0.25, -0.2) is 9.59 Å². The molecule has 2 bridgehead atoms. The number of carbonyl (C=O) groups is 2. The summed E-state index contributed by atoms with van der Waals surface area (Å²) < 4.78 is 50.0. The molecule has 16 heteroatoms. The van der Waals surface area contributed by atoms with Crippen LogP contribution in [-0.2, 0) is 22.1 Å². The van der Waals surface area contributed by atoms with Gasteiger partial charge in [-0.3, -0.25) is 19.2 Å². The van der Waals surface area contributed by atoms with Crippen molar-refractivity contribution in [2.45, 2.75) is 81.4 Å². The van der Waals surface area contributed by atoms with Gasteiger partial charge in [0.15, 0.2) is 6.10 Å². The smallest absolute Gasteiger partial charge is 0.418 e. The molecule has 8 rings (SSSR count). The molecule has 294 valence electrons. The normalized spacial score (nSPS) is 23.4. The lowest BCUT2D eigenvalue weighted by Gasteiger charge is -2.45. The maximum atomic E-state index is 14.2. The molecule has 12 nitrogen and oxygen atoms in total. The number of ether oxygens (including phenoxy) is 1. The number of pyridine rings is 1. The lowest BCUT2D eigenvalue weighted by atomic mass is 9.96. The van der Waals surface area contributed by atoms with Gasteiger partial charge in [0, 0.05) is 82.3 Å². The lowest BCUT2D eigenvalue weighted by molar-refractivity contribution is -0.143. The zero-order valence-corrected chi connectivity index (χ0v) is 31.7. The van der Waals surface area contributed by atoms with Gasteiger partial charge in [0.2, 0.25) is 0 Å². The maximum absolute atomic E-state index is 14.2. The third-order valence-electron chi connectivity index (χ3n) is 12.4. The van der Waals surface area contributed by atoms with Crippen molar-refractivity contribution in [1.29, 1.82) is 0 Å². The number of halogens is 4. The number of amides is 2. The first-order valence-electron chi connectivity index (χ1n) is 19.1. The Morgan fingerprint density at radius 2 is 1.65 bits per heavy atom. The highest BCUT2D eigenvalue weighted by Crippen LogP contribution is 2.40. The van der Waals surface area contributed by atoms with E-state index in [4.69, 9.17) is 16.3 Å². The number of aromatic nitrogens is 3. The first-order chi connectivity index (χ1) is 26.4. The molecule has 4 aromatic rings. The van der Waals surface area contributed by atoms with Crippen LogP contribution in [0.1, 0.15) is 55.7 Å². The molecule has 55 heavy (non-hydrogen) atoms. The molecule has 3 atom stereocenters. The van der Waals surface area contributed by atoms with Crippen LogP contribution in [0.2, 0.25) is 5.02 Å². The molecule has 2 N–H and O–H groups in total. The minimum absolute atomic E-state index is 0.126. The molecule has 4 aliphatic rings. The summed E-state index contributed by atoms with van der Waals surface area (Å²) in [7, 11) is 3.57. The molecule has 0 aliphatic carbocycles. The Kier molecular flexibility index (Phi) is 10.2. The Morgan fingerprint density at radius 1 is 0.964 bits per heavy atom. The van der Waals surface area contributed by atoms with Crippen molar-refractivity contribution >= 4 is 51.2 Å². The van der Waals surface area contributed by atoms with Crippen LogP contribution in [0, 0.1) is 0 Å². The van der Waals surface area contributed by atoms with Gasteiger partial charge in [0.25, 0.3) is 5.91 Å². The van der Waals surface area contributed by atoms with E-state index in [1.807, 2.05) is 24.3 Å². The highest BCUT2D eigenvalue weighted by atomic mass is 35.5. The molecule has 0 saturated carbocycles. The number of imidazole rings is 1. The number of rotatable bonds is 7. The van der Waals surface area contributed by atoms with Crippen LogP contribution in [0.5, 0.6) is 0 Å². The molecule has 4 aliphatic heterocycles. The van der Waals surface area contributed by atoms with E-state index < -0.39 is 29.8 Å². The van der Waals surface area contributed by atoms with Gasteiger partial charge in [0.05, 0.1) is 39.0 Å². The summed E-state index contributed by atoms with van der Waals surface area (Å²) in [6, 6.07) is 11.3. The Bertz CT molecular complexity index is 2130. The Labute approximate surface area is 321 Å². The average molecular weight is 783 g/mol. The van der Waals surface area contributed by atoms with Crippen LogP contribution in [0.15, 0.2) is 47.4 Å². The van der Waals surface area contributed by atoms with E-state index in [0.717, 1.165) is 29.8 Å². The predicted octanol–water partition coefficient (Wildman–Crippen LogP) is 5.75. The summed E-state index contributed by atoms with van der Waals surface area (Å²) in [4.78, 5) is 56.8. The molecule has 6 heterocycles. The van der Waals surface area contributed by atoms with Crippen molar-refractivity contribution in [1.82, 2.24) is 34.1 Å². The van der Waals surface area contributed by atoms with E-state index >= 15 is 0 Å². The second-order valence-electron chi connectivity index (χ2n) is 15.4. The number of aromatic amines is 1. The second kappa shape index (κ2) is 15.0. The lowest BCUT2D eigenvalue weighted by Crippen LogP contribution is -2.57. The standard InChI is InChI=1S/C39H46ClF3N8O4/c1-44-35-29(39(41,42)43)17-23(18-30(35)40)19-33(36(52)49-15-13-48(14-16-49)27-20-25-7-8-26(21-27)47(25)2)55-38(54)50-11-9-24(10-12-50)51-32-22-45-31-6-4-3-5-28(31)34(32)46-37(51)53/h3-6,17-18,22,24-27,33,44H,7-16,19-21H2,1-2H3,(H,46,53). The molecule has 3 unspecified atom stereocenters. The maximum Gasteiger partial charge on any atom is 0.418 e. The van der Waals surface area contributed by atoms with Crippen molar-refractivity contribution in [3.8, 4) is 0 Å². The molecule has 0 radical (unpaired) electrons. The number of likely N-dealkylation sites (tertiary alicyclic amines) is 1. The van der Waals surface area contributed by atoms with E-state index in [1.54, 1.807) is 15.7 Å². The zero-order valence-electron chi connectivity index (χ0n) is 30.9. The van der Waals surface area contributed by atoms with E-state index in [9.17, 15) is 27.6 Å². The minimum atomic E-state index is -4.71. The van der Waals surface area contributed by atoms with Gasteiger partial charge < -0.3 is 29.7 Å². The predicted molar refractivity (Wildman–Crippen MR) is 203 cm³/mol. The fraction of sp³-hybridized carbons (Fsp3) is 0.538. The summed E-state index contributed by atoms with van der Waals surface area (Å²) in [6.45, 7) is 2.71. The Hall–Kier alpha value is -4.34. The molecule has 4 fully saturated rings. The number of carbonyl (C=O) groups excluding carboxylic acids is 2. The number of piperazine rings is 1. The number of H-pyrrole nitrogens is 1. The van der Waals surface area contributed by atoms with Crippen LogP contribution < -0.4 is 11.0 Å². The largest absolute Gasteiger partial charge is 0.436 e. The van der Waals surface area contributed by atoms with Crippen LogP contribution in [0.3, 0.4) is 0 Å². The van der Waals surface area contributed by atoms with Crippen molar-refractivity contribution in [2.24, 2.45) is 0 Å². The van der Waals surface area contributed by atoms with Crippen molar-refractivity contribution in [2.75, 3.05) is 58.7 Å². The molecule has 2 aromatic heterocycles. The highest BCUT2D eigenvalue weighted by Gasteiger charge is 2.42. The average Bonchev–Trinajstić information content (AvgIpc) is 3.60. The number of nitrogens with zero attached hydrogens (tertiary/aromatic N) is 6. The van der Waals surface area contributed by atoms with Crippen molar-refractivity contribution in [3.63, 3.8) is 0 Å². The van der Waals surface area contributed by atoms with Crippen molar-refractivity contribution in [3.05, 3.63) is 69.2 Å². The summed E-state index contributed by atoms with van der Waals surface area (Å²) in [5, 5.41) is 3.21. The fourth-order valence-electron chi connectivity index (χ4n) is 9.43. The molecular formula is C39H46ClF3N8O4. The molecule has 4 saturated heterocycles. The topological polar surface area (TPSA) is 119 Å². The number of alkyl halides is 3. The van der Waals surface area contributed by atoms with Gasteiger partial charge in [-0.1, -0.05) is 29.8 Å². The minimum Gasteiger partial charge on any atom is -0.436 e. The first-order valence-corrected chi connectivity index (χ1v) is 19.5. The quantitative estimate of drug-likeness (QED) is 0.244. The van der Waals surface area contributed by atoms with Gasteiger partial charge in [-0.05, 0) is 69.3 Å². The van der Waals surface area contributed by atoms with E-state index in [0.29, 0.717) is 68.2 Å². The highest BCUT2D eigenvalue weighted by molar-refractivity contribution is 6.33. The number of piperidine rings is 2. The van der Waals surface area contributed by atoms with Crippen molar-refractivity contribution < 1.29 is 27.5 Å². The van der Waals surface area contributed by atoms with Crippen LogP contribution in [0.25, 0.3) is 21.9 Å². The molecule has 2 aromatic carbocycles. The third-order valence-corrected chi connectivity index (χ3v) is 12.7. The van der Waals surface area contributed by atoms with E-state index in [2.05, 4.69) is 32.1 Å². The van der Waals surface area contributed by atoms with Crippen LogP contribution in [0.4, 0.5) is 23.7 Å². The number of anilines is 1. The van der Waals surface area contributed by atoms with E-state index in [1.165, 1.54) is 30.9 Å². The van der Waals surface area contributed by atoms with Gasteiger partial charge in [0.1, 0.15) is 0 Å². The van der Waals surface area contributed by atoms with Crippen LogP contribution in [-0.4, -0.2) is 124 Å². The Balaban J connectivity index is 0.977. The number of hydrogen-bond acceptors (Lipinski definition) is 8. The molecule has 2 amide bonds. The number of nitrogens with one attached hydrogen (secondary N) is 2. The fourth-order valence-corrected chi connectivity index (χ4v) is 9.77. The molecular weight excluding hydrogens is 737 g/mol. The van der Waals surface area contributed by atoms with Gasteiger partial charge in [-0.2, -0.15) is 13.2 Å². The number of para-hydroxylation sites is 1. The Morgan fingerprint density at radius 3 is 2.33 bits per heavy atom. The number of fused-ring (bicyclic) bond motifs is 5. The second-order valence-corrected chi connectivity index (χ2v) is 15.8. The summed E-state index contributed by atoms with van der Waals surface area (Å²) in [6.07, 6.45) is 0.124. The SMILES string of the molecule is CNc1c(Cl)cc(CC(OC(=O)N2CCC(n3c(=O)[nH]c4c5ccccc5ncc43)CC2)C(=O)N2CCN(C3CC4CCC(C3)N4C)CC2)cc1C(F)(F)F. The monoisotopic (exact) mass is 782 g/mol. The van der Waals surface area contributed by atoms with E-state index in [-0.39, 0.29) is 47.5 Å². The first kappa shape index (κ1) is 37.6. The zero-order chi connectivity index (χ0) is 38.6. The summed E-state index contributed by atoms with van der Waals surface area (Å²) in [5.74, 6) is -0.446. The number of hydrogen-bond donors (Lipinski definition) is 2. The van der Waals surface area contributed by atoms with Gasteiger partial charge in [-0.15, -0.1) is 0 Å². The van der Waals surface area contributed by atoms with Crippen LogP contribution >= 0.6 is 11.6 Å². The summed E-state index contributed by atoms with van der Waals surface area (Å²) >= 11 is 6.32.